The van der Waals surface area contributed by atoms with Crippen molar-refractivity contribution in [2.24, 2.45) is 0 Å². The molecule has 1 aromatic carbocycles. The van der Waals surface area contributed by atoms with Gasteiger partial charge in [0.1, 0.15) is 0 Å². The maximum Gasteiger partial charge on any atom is 0.338 e. The normalized spacial score (nSPS) is 21.4. The molecule has 2 N–H and O–H groups in total. The highest BCUT2D eigenvalue weighted by molar-refractivity contribution is 6.42. The summed E-state index contributed by atoms with van der Waals surface area (Å²) in [6.45, 7) is 11.7. The summed E-state index contributed by atoms with van der Waals surface area (Å²) in [6.07, 6.45) is 0. The molecule has 0 spiro atoms. The summed E-state index contributed by atoms with van der Waals surface area (Å²) in [5.41, 5.74) is 1.02. The highest BCUT2D eigenvalue weighted by atomic mass is 35.5. The lowest BCUT2D eigenvalue weighted by Gasteiger charge is -2.43. The summed E-state index contributed by atoms with van der Waals surface area (Å²) in [5.74, 6) is -0.531. The Morgan fingerprint density at radius 1 is 1.22 bits per heavy atom. The molecule has 9 nitrogen and oxygen atoms in total. The molecule has 1 fully saturated rings. The van der Waals surface area contributed by atoms with Crippen LogP contribution in [0.15, 0.2) is 29.5 Å². The van der Waals surface area contributed by atoms with Crippen LogP contribution in [0.1, 0.15) is 46.2 Å². The van der Waals surface area contributed by atoms with E-state index in [0.29, 0.717) is 48.0 Å². The number of carbonyl (C=O) groups excluding carboxylic acids is 3. The quantitative estimate of drug-likeness (QED) is 0.551. The van der Waals surface area contributed by atoms with Gasteiger partial charge in [0.15, 0.2) is 0 Å². The summed E-state index contributed by atoms with van der Waals surface area (Å²) < 4.78 is 5.39. The second kappa shape index (κ2) is 11.3. The number of urea groups is 2. The Kier molecular flexibility index (Phi) is 8.80. The van der Waals surface area contributed by atoms with Gasteiger partial charge in [-0.3, -0.25) is 9.80 Å². The number of ether oxygens (including phenoxy) is 1. The van der Waals surface area contributed by atoms with Gasteiger partial charge in [-0.05, 0) is 46.2 Å². The van der Waals surface area contributed by atoms with Gasteiger partial charge in [0.25, 0.3) is 0 Å². The zero-order valence-corrected chi connectivity index (χ0v) is 23.2. The van der Waals surface area contributed by atoms with Crippen LogP contribution in [0.25, 0.3) is 0 Å². The first kappa shape index (κ1) is 28.1. The van der Waals surface area contributed by atoms with Crippen LogP contribution in [0.3, 0.4) is 0 Å². The van der Waals surface area contributed by atoms with Crippen LogP contribution in [0.5, 0.6) is 0 Å². The topological polar surface area (TPSA) is 94.2 Å². The van der Waals surface area contributed by atoms with Crippen molar-refractivity contribution in [3.05, 3.63) is 45.1 Å². The zero-order valence-electron chi connectivity index (χ0n) is 21.7. The summed E-state index contributed by atoms with van der Waals surface area (Å²) >= 11 is 12.7. The van der Waals surface area contributed by atoms with E-state index in [2.05, 4.69) is 15.5 Å². The number of hydrogen-bond donors (Lipinski definition) is 2. The number of carbonyl (C=O) groups is 3. The first-order chi connectivity index (χ1) is 16.8. The third kappa shape index (κ3) is 6.25. The van der Waals surface area contributed by atoms with Gasteiger partial charge < -0.3 is 20.3 Å². The van der Waals surface area contributed by atoms with Gasteiger partial charge in [-0.1, -0.05) is 35.3 Å². The first-order valence-electron chi connectivity index (χ1n) is 12.0. The Hall–Kier alpha value is -2.49. The third-order valence-corrected chi connectivity index (χ3v) is 7.03. The van der Waals surface area contributed by atoms with Gasteiger partial charge in [-0.25, -0.2) is 14.4 Å². The second-order valence-electron chi connectivity index (χ2n) is 10.1. The highest BCUT2D eigenvalue weighted by Crippen LogP contribution is 2.37. The number of halogens is 2. The lowest BCUT2D eigenvalue weighted by molar-refractivity contribution is -0.139. The molecule has 2 aliphatic heterocycles. The van der Waals surface area contributed by atoms with E-state index in [4.69, 9.17) is 27.9 Å². The average Bonchev–Trinajstić information content (AvgIpc) is 2.77. The minimum Gasteiger partial charge on any atom is -0.463 e. The van der Waals surface area contributed by atoms with E-state index in [-0.39, 0.29) is 35.3 Å². The summed E-state index contributed by atoms with van der Waals surface area (Å²) in [6, 6.07) is 3.76. The van der Waals surface area contributed by atoms with Crippen LogP contribution in [-0.4, -0.2) is 84.1 Å². The molecular formula is C25H35Cl2N5O4. The Morgan fingerprint density at radius 2 is 1.92 bits per heavy atom. The van der Waals surface area contributed by atoms with Crippen LogP contribution in [-0.2, 0) is 9.53 Å². The number of hydrogen-bond acceptors (Lipinski definition) is 5. The fourth-order valence-corrected chi connectivity index (χ4v) is 4.87. The molecule has 36 heavy (non-hydrogen) atoms. The van der Waals surface area contributed by atoms with Gasteiger partial charge in [0.2, 0.25) is 0 Å². The Balaban J connectivity index is 1.93. The van der Waals surface area contributed by atoms with E-state index >= 15 is 0 Å². The fourth-order valence-electron chi connectivity index (χ4n) is 4.46. The van der Waals surface area contributed by atoms with Crippen LogP contribution in [0.4, 0.5) is 9.59 Å². The number of likely N-dealkylation sites (N-methyl/N-ethyl adjacent to an activating group) is 1. The van der Waals surface area contributed by atoms with Crippen LogP contribution in [0.2, 0.25) is 10.0 Å². The molecule has 198 valence electrons. The van der Waals surface area contributed by atoms with Crippen molar-refractivity contribution in [2.45, 2.75) is 52.2 Å². The SMILES string of the molecule is CCOC(=O)C1=C(CN2CCN(C(=O)NC(C)(C)C)[C@@H](C)C2)N(C)C(=O)N[C@@H]1c1cccc(Cl)c1Cl. The van der Waals surface area contributed by atoms with Crippen molar-refractivity contribution in [3.8, 4) is 0 Å². The molecule has 1 aromatic rings. The molecular weight excluding hydrogens is 505 g/mol. The number of esters is 1. The average molecular weight is 540 g/mol. The molecule has 0 aliphatic carbocycles. The van der Waals surface area contributed by atoms with Crippen molar-refractivity contribution in [1.82, 2.24) is 25.3 Å². The Morgan fingerprint density at radius 3 is 2.53 bits per heavy atom. The molecule has 11 heteroatoms. The van der Waals surface area contributed by atoms with Crippen molar-refractivity contribution in [1.29, 1.82) is 0 Å². The standard InChI is InChI=1S/C25H35Cl2N5O4/c1-7-36-22(33)19-18(14-31-11-12-32(15(2)13-31)24(35)29-25(3,4)5)30(6)23(34)28-21(19)16-9-8-10-17(26)20(16)27/h8-10,15,21H,7,11-14H2,1-6H3,(H,28,34)(H,29,35)/t15-,21+/m0/s1. The third-order valence-electron chi connectivity index (χ3n) is 6.19. The van der Waals surface area contributed by atoms with E-state index in [9.17, 15) is 14.4 Å². The zero-order chi connectivity index (χ0) is 26.8. The molecule has 0 aromatic heterocycles. The Bertz CT molecular complexity index is 1060. The summed E-state index contributed by atoms with van der Waals surface area (Å²) in [4.78, 5) is 44.3. The molecule has 2 aliphatic rings. The smallest absolute Gasteiger partial charge is 0.338 e. The fraction of sp³-hybridized carbons (Fsp3) is 0.560. The largest absolute Gasteiger partial charge is 0.463 e. The van der Waals surface area contributed by atoms with Crippen molar-refractivity contribution >= 4 is 41.2 Å². The number of nitrogens with one attached hydrogen (secondary N) is 2. The van der Waals surface area contributed by atoms with E-state index < -0.39 is 12.0 Å². The van der Waals surface area contributed by atoms with Gasteiger partial charge in [-0.2, -0.15) is 0 Å². The molecule has 0 radical (unpaired) electrons. The number of rotatable bonds is 5. The van der Waals surface area contributed by atoms with Gasteiger partial charge in [0.05, 0.1) is 28.3 Å². The second-order valence-corrected chi connectivity index (χ2v) is 10.9. The van der Waals surface area contributed by atoms with Crippen LogP contribution in [0, 0.1) is 0 Å². The van der Waals surface area contributed by atoms with E-state index in [1.165, 1.54) is 4.90 Å². The molecule has 0 bridgehead atoms. The van der Waals surface area contributed by atoms with Gasteiger partial charge in [0, 0.05) is 50.5 Å². The van der Waals surface area contributed by atoms with Gasteiger partial charge >= 0.3 is 18.0 Å². The van der Waals surface area contributed by atoms with Crippen LogP contribution >= 0.6 is 23.2 Å². The van der Waals surface area contributed by atoms with Crippen molar-refractivity contribution < 1.29 is 19.1 Å². The predicted molar refractivity (Wildman–Crippen MR) is 140 cm³/mol. The molecule has 0 unspecified atom stereocenters. The summed E-state index contributed by atoms with van der Waals surface area (Å²) in [7, 11) is 1.62. The van der Waals surface area contributed by atoms with Crippen molar-refractivity contribution in [3.63, 3.8) is 0 Å². The lowest BCUT2D eigenvalue weighted by atomic mass is 9.94. The molecule has 3 rings (SSSR count). The van der Waals surface area contributed by atoms with E-state index in [0.717, 1.165) is 0 Å². The Labute approximate surface area is 222 Å². The van der Waals surface area contributed by atoms with E-state index in [1.807, 2.05) is 32.6 Å². The number of benzene rings is 1. The molecule has 2 heterocycles. The van der Waals surface area contributed by atoms with Crippen LogP contribution < -0.4 is 10.6 Å². The maximum atomic E-state index is 13.2. The molecule has 4 amide bonds. The predicted octanol–water partition coefficient (Wildman–Crippen LogP) is 4.02. The van der Waals surface area contributed by atoms with Gasteiger partial charge in [-0.15, -0.1) is 0 Å². The van der Waals surface area contributed by atoms with Crippen molar-refractivity contribution in [2.75, 3.05) is 39.8 Å². The molecule has 2 atom stereocenters. The molecule has 0 saturated carbocycles. The molecule has 1 saturated heterocycles. The minimum absolute atomic E-state index is 0.0614. The minimum atomic E-state index is -0.815. The first-order valence-corrected chi connectivity index (χ1v) is 12.8. The number of amides is 4. The van der Waals surface area contributed by atoms with E-state index in [1.54, 1.807) is 32.2 Å². The maximum absolute atomic E-state index is 13.2. The lowest BCUT2D eigenvalue weighted by Crippen LogP contribution is -2.59. The highest BCUT2D eigenvalue weighted by Gasteiger charge is 2.39. The monoisotopic (exact) mass is 539 g/mol. The number of piperazine rings is 1. The summed E-state index contributed by atoms with van der Waals surface area (Å²) in [5, 5.41) is 6.47. The number of nitrogens with zero attached hydrogens (tertiary/aromatic N) is 3.